The van der Waals surface area contributed by atoms with Crippen LogP contribution in [-0.2, 0) is 0 Å². The molecule has 98 valence electrons. The summed E-state index contributed by atoms with van der Waals surface area (Å²) < 4.78 is 0. The van der Waals surface area contributed by atoms with Gasteiger partial charge in [0.05, 0.1) is 11.2 Å². The van der Waals surface area contributed by atoms with Crippen LogP contribution in [0.2, 0.25) is 0 Å². The molecule has 2 aliphatic rings. The summed E-state index contributed by atoms with van der Waals surface area (Å²) in [7, 11) is 0. The third-order valence-electron chi connectivity index (χ3n) is 4.97. The van der Waals surface area contributed by atoms with Gasteiger partial charge in [0.15, 0.2) is 0 Å². The fraction of sp³-hybridized carbons (Fsp3) is 0.867. The molecule has 2 nitrogen and oxygen atoms in total. The summed E-state index contributed by atoms with van der Waals surface area (Å²) in [5.41, 5.74) is 0.136. The molecule has 17 heavy (non-hydrogen) atoms. The van der Waals surface area contributed by atoms with Crippen LogP contribution in [-0.4, -0.2) is 21.4 Å². The summed E-state index contributed by atoms with van der Waals surface area (Å²) in [6.45, 7) is 8.27. The Hall–Kier alpha value is -0.340. The van der Waals surface area contributed by atoms with E-state index in [1.807, 2.05) is 13.8 Å². The molecule has 0 aromatic rings. The zero-order chi connectivity index (χ0) is 12.8. The average Bonchev–Trinajstić information content (AvgIpc) is 2.39. The molecule has 2 aliphatic carbocycles. The Kier molecular flexibility index (Phi) is 3.16. The number of rotatable bonds is 1. The molecule has 0 aliphatic heterocycles. The highest BCUT2D eigenvalue weighted by Crippen LogP contribution is 2.50. The Labute approximate surface area is 105 Å². The largest absolute Gasteiger partial charge is 0.390 e. The van der Waals surface area contributed by atoms with E-state index >= 15 is 0 Å². The van der Waals surface area contributed by atoms with Crippen molar-refractivity contribution in [2.45, 2.75) is 64.6 Å². The standard InChI is InChI=1S/C15H26O2/c1-10(2)11-5-7-14(3,16)12-6-8-15(4,17)13(12)9-11/h9-10,12-13,16-17H,5-8H2,1-4H3/t12-,13+,14-,15-/m0/s1. The van der Waals surface area contributed by atoms with Gasteiger partial charge in [-0.15, -0.1) is 0 Å². The maximum Gasteiger partial charge on any atom is 0.0686 e. The molecule has 0 aromatic heterocycles. The predicted octanol–water partition coefficient (Wildman–Crippen LogP) is 2.89. The molecule has 1 saturated carbocycles. The Morgan fingerprint density at radius 1 is 1.18 bits per heavy atom. The van der Waals surface area contributed by atoms with Crippen LogP contribution in [0.5, 0.6) is 0 Å². The minimum atomic E-state index is -0.640. The zero-order valence-corrected chi connectivity index (χ0v) is 11.5. The number of fused-ring (bicyclic) bond motifs is 1. The molecule has 0 saturated heterocycles. The van der Waals surface area contributed by atoms with E-state index in [9.17, 15) is 10.2 Å². The van der Waals surface area contributed by atoms with E-state index in [0.29, 0.717) is 5.92 Å². The quantitative estimate of drug-likeness (QED) is 0.690. The van der Waals surface area contributed by atoms with Crippen LogP contribution in [0.25, 0.3) is 0 Å². The molecule has 0 radical (unpaired) electrons. The van der Waals surface area contributed by atoms with E-state index < -0.39 is 11.2 Å². The van der Waals surface area contributed by atoms with Crippen molar-refractivity contribution in [3.8, 4) is 0 Å². The van der Waals surface area contributed by atoms with Crippen LogP contribution in [0.3, 0.4) is 0 Å². The fourth-order valence-electron chi connectivity index (χ4n) is 3.60. The molecule has 4 atom stereocenters. The first-order valence-corrected chi connectivity index (χ1v) is 6.89. The molecule has 2 heteroatoms. The van der Waals surface area contributed by atoms with Gasteiger partial charge in [-0.3, -0.25) is 0 Å². The van der Waals surface area contributed by atoms with Crippen molar-refractivity contribution < 1.29 is 10.2 Å². The van der Waals surface area contributed by atoms with E-state index in [-0.39, 0.29) is 11.8 Å². The first-order chi connectivity index (χ1) is 7.74. The summed E-state index contributed by atoms with van der Waals surface area (Å²) in [4.78, 5) is 0. The minimum absolute atomic E-state index is 0.123. The van der Waals surface area contributed by atoms with Crippen LogP contribution >= 0.6 is 0 Å². The normalized spacial score (nSPS) is 46.6. The van der Waals surface area contributed by atoms with Crippen LogP contribution < -0.4 is 0 Å². The van der Waals surface area contributed by atoms with Gasteiger partial charge in [0, 0.05) is 5.92 Å². The average molecular weight is 238 g/mol. The molecular formula is C15H26O2. The molecule has 0 amide bonds. The Morgan fingerprint density at radius 3 is 2.41 bits per heavy atom. The van der Waals surface area contributed by atoms with Gasteiger partial charge in [-0.2, -0.15) is 0 Å². The lowest BCUT2D eigenvalue weighted by molar-refractivity contribution is -0.0419. The number of hydrogen-bond acceptors (Lipinski definition) is 2. The van der Waals surface area contributed by atoms with Gasteiger partial charge < -0.3 is 10.2 Å². The Morgan fingerprint density at radius 2 is 1.82 bits per heavy atom. The lowest BCUT2D eigenvalue weighted by atomic mass is 9.77. The van der Waals surface area contributed by atoms with Crippen LogP contribution in [0, 0.1) is 17.8 Å². The van der Waals surface area contributed by atoms with Crippen LogP contribution in [0.4, 0.5) is 0 Å². The molecular weight excluding hydrogens is 212 g/mol. The summed E-state index contributed by atoms with van der Waals surface area (Å²) in [6, 6.07) is 0. The Balaban J connectivity index is 2.37. The summed E-state index contributed by atoms with van der Waals surface area (Å²) in [6.07, 6.45) is 5.80. The monoisotopic (exact) mass is 238 g/mol. The second-order valence-electron chi connectivity index (χ2n) is 6.78. The fourth-order valence-corrected chi connectivity index (χ4v) is 3.60. The lowest BCUT2D eigenvalue weighted by Crippen LogP contribution is -2.40. The number of allylic oxidation sites excluding steroid dienone is 1. The minimum Gasteiger partial charge on any atom is -0.390 e. The van der Waals surface area contributed by atoms with Crippen molar-refractivity contribution in [2.75, 3.05) is 0 Å². The lowest BCUT2D eigenvalue weighted by Gasteiger charge is -2.34. The molecule has 1 fully saturated rings. The Bertz CT molecular complexity index is 326. The topological polar surface area (TPSA) is 40.5 Å². The molecule has 0 spiro atoms. The smallest absolute Gasteiger partial charge is 0.0686 e. The number of aliphatic hydroxyl groups is 2. The van der Waals surface area contributed by atoms with Crippen molar-refractivity contribution in [3.63, 3.8) is 0 Å². The predicted molar refractivity (Wildman–Crippen MR) is 69.6 cm³/mol. The first kappa shape index (κ1) is 13.1. The van der Waals surface area contributed by atoms with Gasteiger partial charge in [-0.05, 0) is 51.4 Å². The van der Waals surface area contributed by atoms with Crippen molar-refractivity contribution >= 4 is 0 Å². The second kappa shape index (κ2) is 4.10. The molecule has 0 bridgehead atoms. The summed E-state index contributed by atoms with van der Waals surface area (Å²) in [5.74, 6) is 0.854. The highest BCUT2D eigenvalue weighted by Gasteiger charge is 2.50. The molecule has 2 N–H and O–H groups in total. The van der Waals surface area contributed by atoms with Gasteiger partial charge in [0.1, 0.15) is 0 Å². The molecule has 0 heterocycles. The maximum absolute atomic E-state index is 10.6. The van der Waals surface area contributed by atoms with Gasteiger partial charge in [0.25, 0.3) is 0 Å². The second-order valence-corrected chi connectivity index (χ2v) is 6.78. The molecule has 2 rings (SSSR count). The van der Waals surface area contributed by atoms with E-state index in [0.717, 1.165) is 25.7 Å². The number of hydrogen-bond donors (Lipinski definition) is 2. The van der Waals surface area contributed by atoms with Crippen molar-refractivity contribution in [1.82, 2.24) is 0 Å². The first-order valence-electron chi connectivity index (χ1n) is 6.89. The van der Waals surface area contributed by atoms with Crippen LogP contribution in [0.1, 0.15) is 53.4 Å². The van der Waals surface area contributed by atoms with E-state index in [1.54, 1.807) is 0 Å². The summed E-state index contributed by atoms with van der Waals surface area (Å²) >= 11 is 0. The van der Waals surface area contributed by atoms with Gasteiger partial charge >= 0.3 is 0 Å². The highest BCUT2D eigenvalue weighted by molar-refractivity contribution is 5.19. The third kappa shape index (κ3) is 2.30. The van der Waals surface area contributed by atoms with Crippen molar-refractivity contribution in [2.24, 2.45) is 17.8 Å². The maximum atomic E-state index is 10.6. The van der Waals surface area contributed by atoms with Crippen molar-refractivity contribution in [3.05, 3.63) is 11.6 Å². The van der Waals surface area contributed by atoms with Gasteiger partial charge in [0.2, 0.25) is 0 Å². The summed E-state index contributed by atoms with van der Waals surface area (Å²) in [5, 5.41) is 21.1. The third-order valence-corrected chi connectivity index (χ3v) is 4.97. The van der Waals surface area contributed by atoms with E-state index in [4.69, 9.17) is 0 Å². The van der Waals surface area contributed by atoms with Gasteiger partial charge in [-0.25, -0.2) is 0 Å². The zero-order valence-electron chi connectivity index (χ0n) is 11.5. The van der Waals surface area contributed by atoms with E-state index in [2.05, 4.69) is 19.9 Å². The molecule has 0 aromatic carbocycles. The highest BCUT2D eigenvalue weighted by atomic mass is 16.3. The van der Waals surface area contributed by atoms with Gasteiger partial charge in [-0.1, -0.05) is 25.5 Å². The van der Waals surface area contributed by atoms with Crippen molar-refractivity contribution in [1.29, 1.82) is 0 Å². The molecule has 0 unspecified atom stereocenters. The van der Waals surface area contributed by atoms with E-state index in [1.165, 1.54) is 5.57 Å². The SMILES string of the molecule is CC(C)C1=C[C@@H]2[C@H](CC[C@]2(C)O)[C@@](C)(O)CC1. The van der Waals surface area contributed by atoms with Crippen LogP contribution in [0.15, 0.2) is 11.6 Å².